The summed E-state index contributed by atoms with van der Waals surface area (Å²) in [6, 6.07) is 4.05. The van der Waals surface area contributed by atoms with E-state index in [4.69, 9.17) is 9.47 Å². The molecule has 140 valence electrons. The molecule has 2 N–H and O–H groups in total. The molecule has 6 atom stereocenters. The largest absolute Gasteiger partial charge is 0.462 e. The Labute approximate surface area is 154 Å². The van der Waals surface area contributed by atoms with Crippen molar-refractivity contribution in [2.75, 3.05) is 13.2 Å². The van der Waals surface area contributed by atoms with Gasteiger partial charge in [-0.25, -0.2) is 0 Å². The first-order valence-electron chi connectivity index (χ1n) is 10.1. The third-order valence-corrected chi connectivity index (χ3v) is 7.60. The maximum absolute atomic E-state index is 12.6. The molecular formula is C21H29N2O3+. The van der Waals surface area contributed by atoms with Crippen molar-refractivity contribution in [2.24, 2.45) is 23.2 Å². The van der Waals surface area contributed by atoms with Crippen LogP contribution in [0.3, 0.4) is 0 Å². The third-order valence-electron chi connectivity index (χ3n) is 7.60. The number of rotatable bonds is 4. The van der Waals surface area contributed by atoms with Gasteiger partial charge in [0.15, 0.2) is 0 Å². The maximum atomic E-state index is 12.6. The molecule has 1 spiro atoms. The van der Waals surface area contributed by atoms with E-state index in [-0.39, 0.29) is 29.0 Å². The van der Waals surface area contributed by atoms with Gasteiger partial charge in [-0.05, 0) is 49.5 Å². The van der Waals surface area contributed by atoms with Crippen LogP contribution in [0.5, 0.6) is 0 Å². The number of nitrogens with two attached hydrogens (primary N) is 1. The highest BCUT2D eigenvalue weighted by Gasteiger charge is 2.65. The number of hydrogen-bond acceptors (Lipinski definition) is 4. The summed E-state index contributed by atoms with van der Waals surface area (Å²) >= 11 is 0. The fourth-order valence-corrected chi connectivity index (χ4v) is 6.17. The summed E-state index contributed by atoms with van der Waals surface area (Å²) in [6.07, 6.45) is 9.64. The van der Waals surface area contributed by atoms with Gasteiger partial charge in [-0.3, -0.25) is 9.78 Å². The van der Waals surface area contributed by atoms with Crippen LogP contribution in [0.15, 0.2) is 24.5 Å². The SMILES string of the molecule is C[C@]12CCC[C@]3(CO3)[C@H]1C[C@@H]1[C@H](C[NH2+]Cc3cccnc3)C(=O)O[C@@H]1C2. The van der Waals surface area contributed by atoms with E-state index in [0.29, 0.717) is 11.8 Å². The van der Waals surface area contributed by atoms with Gasteiger partial charge in [0, 0.05) is 23.9 Å². The second kappa shape index (κ2) is 6.03. The number of epoxide rings is 1. The molecule has 0 aromatic carbocycles. The Balaban J connectivity index is 1.28. The summed E-state index contributed by atoms with van der Waals surface area (Å²) in [4.78, 5) is 16.7. The number of ether oxygens (including phenoxy) is 2. The van der Waals surface area contributed by atoms with E-state index in [1.54, 1.807) is 6.20 Å². The normalized spacial score (nSPS) is 43.7. The van der Waals surface area contributed by atoms with Crippen molar-refractivity contribution in [3.8, 4) is 0 Å². The van der Waals surface area contributed by atoms with Crippen LogP contribution in [-0.2, 0) is 20.8 Å². The van der Waals surface area contributed by atoms with Gasteiger partial charge in [-0.2, -0.15) is 0 Å². The van der Waals surface area contributed by atoms with E-state index in [9.17, 15) is 4.79 Å². The fourth-order valence-electron chi connectivity index (χ4n) is 6.17. The molecule has 26 heavy (non-hydrogen) atoms. The van der Waals surface area contributed by atoms with Crippen molar-refractivity contribution in [2.45, 2.75) is 57.3 Å². The van der Waals surface area contributed by atoms with Gasteiger partial charge in [0.05, 0.1) is 18.8 Å². The Morgan fingerprint density at radius 2 is 2.27 bits per heavy atom. The predicted molar refractivity (Wildman–Crippen MR) is 95.0 cm³/mol. The summed E-state index contributed by atoms with van der Waals surface area (Å²) in [5, 5.41) is 2.24. The number of fused-ring (bicyclic) bond motifs is 3. The molecule has 1 aromatic rings. The minimum absolute atomic E-state index is 0.0236. The monoisotopic (exact) mass is 357 g/mol. The van der Waals surface area contributed by atoms with Gasteiger partial charge in [0.1, 0.15) is 18.6 Å². The van der Waals surface area contributed by atoms with Crippen molar-refractivity contribution in [1.82, 2.24) is 4.98 Å². The molecule has 0 radical (unpaired) electrons. The first kappa shape index (κ1) is 16.7. The van der Waals surface area contributed by atoms with Gasteiger partial charge >= 0.3 is 5.97 Å². The Hall–Kier alpha value is -1.46. The molecule has 1 aromatic heterocycles. The highest BCUT2D eigenvalue weighted by molar-refractivity contribution is 5.75. The summed E-state index contributed by atoms with van der Waals surface area (Å²) in [6.45, 7) is 5.01. The summed E-state index contributed by atoms with van der Waals surface area (Å²) in [5.74, 6) is 1.01. The number of nitrogens with zero attached hydrogens (tertiary/aromatic N) is 1. The smallest absolute Gasteiger partial charge is 0.315 e. The quantitative estimate of drug-likeness (QED) is 0.657. The van der Waals surface area contributed by atoms with Gasteiger partial charge in [0.25, 0.3) is 0 Å². The van der Waals surface area contributed by atoms with Crippen molar-refractivity contribution in [3.63, 3.8) is 0 Å². The van der Waals surface area contributed by atoms with Gasteiger partial charge < -0.3 is 14.8 Å². The van der Waals surface area contributed by atoms with E-state index in [1.807, 2.05) is 12.3 Å². The first-order chi connectivity index (χ1) is 12.6. The average Bonchev–Trinajstić information content (AvgIpc) is 3.33. The number of aromatic nitrogens is 1. The average molecular weight is 357 g/mol. The van der Waals surface area contributed by atoms with E-state index >= 15 is 0 Å². The van der Waals surface area contributed by atoms with Gasteiger partial charge in [-0.1, -0.05) is 13.0 Å². The molecule has 2 saturated heterocycles. The Bertz CT molecular complexity index is 690. The number of pyridine rings is 1. The molecule has 5 nitrogen and oxygen atoms in total. The summed E-state index contributed by atoms with van der Waals surface area (Å²) in [7, 11) is 0. The van der Waals surface area contributed by atoms with E-state index < -0.39 is 0 Å². The molecule has 3 heterocycles. The lowest BCUT2D eigenvalue weighted by molar-refractivity contribution is -0.675. The zero-order chi connectivity index (χ0) is 17.8. The minimum atomic E-state index is 0.0236. The molecule has 5 heteroatoms. The highest BCUT2D eigenvalue weighted by atomic mass is 16.6. The summed E-state index contributed by atoms with van der Waals surface area (Å²) in [5.41, 5.74) is 1.61. The highest BCUT2D eigenvalue weighted by Crippen LogP contribution is 2.62. The van der Waals surface area contributed by atoms with Crippen molar-refractivity contribution in [3.05, 3.63) is 30.1 Å². The first-order valence-corrected chi connectivity index (χ1v) is 10.1. The van der Waals surface area contributed by atoms with Crippen LogP contribution in [-0.4, -0.2) is 35.8 Å². The Morgan fingerprint density at radius 3 is 3.04 bits per heavy atom. The molecule has 5 rings (SSSR count). The molecule has 0 unspecified atom stereocenters. The van der Waals surface area contributed by atoms with Crippen LogP contribution >= 0.6 is 0 Å². The lowest BCUT2D eigenvalue weighted by Gasteiger charge is -2.51. The van der Waals surface area contributed by atoms with Crippen molar-refractivity contribution < 1.29 is 19.6 Å². The van der Waals surface area contributed by atoms with Crippen LogP contribution in [0.4, 0.5) is 0 Å². The fraction of sp³-hybridized carbons (Fsp3) is 0.714. The minimum Gasteiger partial charge on any atom is -0.462 e. The zero-order valence-electron chi connectivity index (χ0n) is 15.5. The van der Waals surface area contributed by atoms with Crippen LogP contribution in [0.25, 0.3) is 0 Å². The van der Waals surface area contributed by atoms with E-state index in [0.717, 1.165) is 32.5 Å². The van der Waals surface area contributed by atoms with Crippen molar-refractivity contribution >= 4 is 5.97 Å². The van der Waals surface area contributed by atoms with Gasteiger partial charge in [-0.15, -0.1) is 0 Å². The number of carbonyl (C=O) groups is 1. The molecule has 2 aliphatic carbocycles. The maximum Gasteiger partial charge on any atom is 0.315 e. The summed E-state index contributed by atoms with van der Waals surface area (Å²) < 4.78 is 11.9. The number of carbonyl (C=O) groups excluding carboxylic acids is 1. The molecular weight excluding hydrogens is 328 g/mol. The standard InChI is InChI=1S/C21H28N2O3/c1-20-5-3-6-21(13-25-21)18(20)8-15-16(19(24)26-17(15)9-20)12-23-11-14-4-2-7-22-10-14/h2,4,7,10,15-18,23H,3,5-6,8-9,11-13H2,1H3/p+1/t15-,16+,17-,18+,20-,21+/m1/s1. The predicted octanol–water partition coefficient (Wildman–Crippen LogP) is 1.67. The topological polar surface area (TPSA) is 68.3 Å². The molecule has 0 bridgehead atoms. The lowest BCUT2D eigenvalue weighted by atomic mass is 9.53. The molecule has 2 saturated carbocycles. The molecule has 4 fully saturated rings. The van der Waals surface area contributed by atoms with E-state index in [2.05, 4.69) is 23.3 Å². The second-order valence-electron chi connectivity index (χ2n) is 9.19. The van der Waals surface area contributed by atoms with Crippen LogP contribution in [0.1, 0.15) is 44.6 Å². The molecule has 0 amide bonds. The number of esters is 1. The molecule has 2 aliphatic heterocycles. The number of quaternary nitrogens is 1. The number of hydrogen-bond donors (Lipinski definition) is 1. The van der Waals surface area contributed by atoms with Gasteiger partial charge in [0.2, 0.25) is 0 Å². The Morgan fingerprint density at radius 1 is 1.38 bits per heavy atom. The van der Waals surface area contributed by atoms with Crippen LogP contribution in [0.2, 0.25) is 0 Å². The van der Waals surface area contributed by atoms with Crippen LogP contribution < -0.4 is 5.32 Å². The third kappa shape index (κ3) is 2.67. The Kier molecular flexibility index (Phi) is 3.87. The molecule has 4 aliphatic rings. The second-order valence-corrected chi connectivity index (χ2v) is 9.19. The lowest BCUT2D eigenvalue weighted by Crippen LogP contribution is -2.84. The zero-order valence-corrected chi connectivity index (χ0v) is 15.5. The van der Waals surface area contributed by atoms with E-state index in [1.165, 1.54) is 24.8 Å². The van der Waals surface area contributed by atoms with Crippen molar-refractivity contribution in [1.29, 1.82) is 0 Å². The van der Waals surface area contributed by atoms with Crippen LogP contribution in [0, 0.1) is 23.2 Å².